The molecule has 0 saturated carbocycles. The van der Waals surface area contributed by atoms with Gasteiger partial charge in [0.15, 0.2) is 0 Å². The first kappa shape index (κ1) is 10.6. The first-order chi connectivity index (χ1) is 8.24. The van der Waals surface area contributed by atoms with E-state index in [9.17, 15) is 4.39 Å². The number of thiophene rings is 1. The van der Waals surface area contributed by atoms with Crippen LogP contribution in [0.1, 0.15) is 10.4 Å². The lowest BCUT2D eigenvalue weighted by Gasteiger charge is -2.30. The van der Waals surface area contributed by atoms with Gasteiger partial charge in [-0.2, -0.15) is 0 Å². The van der Waals surface area contributed by atoms with Crippen molar-refractivity contribution in [1.29, 1.82) is 0 Å². The predicted molar refractivity (Wildman–Crippen MR) is 69.9 cm³/mol. The van der Waals surface area contributed by atoms with E-state index in [4.69, 9.17) is 5.73 Å². The minimum absolute atomic E-state index is 0.231. The van der Waals surface area contributed by atoms with E-state index in [-0.39, 0.29) is 5.82 Å². The highest BCUT2D eigenvalue weighted by atomic mass is 32.1. The van der Waals surface area contributed by atoms with Gasteiger partial charge in [0.05, 0.1) is 11.4 Å². The summed E-state index contributed by atoms with van der Waals surface area (Å²) in [5, 5.41) is 2.11. The fourth-order valence-corrected chi connectivity index (χ4v) is 3.13. The van der Waals surface area contributed by atoms with Gasteiger partial charge in [-0.1, -0.05) is 0 Å². The normalized spacial score (nSPS) is 14.8. The Kier molecular flexibility index (Phi) is 2.52. The minimum atomic E-state index is -0.231. The van der Waals surface area contributed by atoms with Crippen LogP contribution in [-0.2, 0) is 13.0 Å². The van der Waals surface area contributed by atoms with Crippen molar-refractivity contribution < 1.29 is 4.39 Å². The second-order valence-corrected chi connectivity index (χ2v) is 5.24. The summed E-state index contributed by atoms with van der Waals surface area (Å²) in [5.74, 6) is -0.231. The van der Waals surface area contributed by atoms with Crippen LogP contribution < -0.4 is 10.6 Å². The SMILES string of the molecule is Nc1ccc(F)cc1N1CCc2sccc2C1. The van der Waals surface area contributed by atoms with Gasteiger partial charge in [-0.05, 0) is 41.6 Å². The molecule has 17 heavy (non-hydrogen) atoms. The second kappa shape index (κ2) is 4.04. The number of fused-ring (bicyclic) bond motifs is 1. The zero-order chi connectivity index (χ0) is 11.8. The molecule has 0 radical (unpaired) electrons. The Labute approximate surface area is 103 Å². The van der Waals surface area contributed by atoms with Crippen molar-refractivity contribution in [3.8, 4) is 0 Å². The molecule has 0 atom stereocenters. The lowest BCUT2D eigenvalue weighted by molar-refractivity contribution is 0.625. The number of nitrogens with zero attached hydrogens (tertiary/aromatic N) is 1. The van der Waals surface area contributed by atoms with Crippen LogP contribution in [0.25, 0.3) is 0 Å². The maximum Gasteiger partial charge on any atom is 0.125 e. The second-order valence-electron chi connectivity index (χ2n) is 4.24. The van der Waals surface area contributed by atoms with Gasteiger partial charge < -0.3 is 10.6 Å². The Morgan fingerprint density at radius 1 is 1.29 bits per heavy atom. The summed E-state index contributed by atoms with van der Waals surface area (Å²) in [6, 6.07) is 6.70. The molecule has 1 aromatic carbocycles. The van der Waals surface area contributed by atoms with Crippen LogP contribution in [0.2, 0.25) is 0 Å². The molecular weight excluding hydrogens is 235 g/mol. The van der Waals surface area contributed by atoms with Crippen molar-refractivity contribution in [3.05, 3.63) is 45.9 Å². The van der Waals surface area contributed by atoms with E-state index in [0.29, 0.717) is 5.69 Å². The van der Waals surface area contributed by atoms with Crippen molar-refractivity contribution in [2.45, 2.75) is 13.0 Å². The third-order valence-electron chi connectivity index (χ3n) is 3.14. The number of nitrogens with two attached hydrogens (primary N) is 1. The molecule has 2 N–H and O–H groups in total. The Morgan fingerprint density at radius 3 is 3.06 bits per heavy atom. The number of rotatable bonds is 1. The van der Waals surface area contributed by atoms with Gasteiger partial charge in [0.25, 0.3) is 0 Å². The summed E-state index contributed by atoms with van der Waals surface area (Å²) >= 11 is 1.80. The lowest BCUT2D eigenvalue weighted by atomic mass is 10.1. The van der Waals surface area contributed by atoms with Crippen LogP contribution in [0.15, 0.2) is 29.6 Å². The largest absolute Gasteiger partial charge is 0.397 e. The van der Waals surface area contributed by atoms with Crippen LogP contribution in [0.5, 0.6) is 0 Å². The zero-order valence-electron chi connectivity index (χ0n) is 9.32. The quantitative estimate of drug-likeness (QED) is 0.786. The van der Waals surface area contributed by atoms with Gasteiger partial charge in [-0.15, -0.1) is 11.3 Å². The molecule has 0 bridgehead atoms. The minimum Gasteiger partial charge on any atom is -0.397 e. The molecule has 2 nitrogen and oxygen atoms in total. The smallest absolute Gasteiger partial charge is 0.125 e. The molecular formula is C13H13FN2S. The van der Waals surface area contributed by atoms with Crippen LogP contribution in [0, 0.1) is 5.82 Å². The van der Waals surface area contributed by atoms with Crippen molar-refractivity contribution in [1.82, 2.24) is 0 Å². The highest BCUT2D eigenvalue weighted by Crippen LogP contribution is 2.31. The third-order valence-corrected chi connectivity index (χ3v) is 4.16. The molecule has 0 unspecified atom stereocenters. The van der Waals surface area contributed by atoms with Crippen molar-refractivity contribution in [2.75, 3.05) is 17.2 Å². The summed E-state index contributed by atoms with van der Waals surface area (Å²) in [5.41, 5.74) is 8.70. The number of halogens is 1. The van der Waals surface area contributed by atoms with Crippen LogP contribution in [-0.4, -0.2) is 6.54 Å². The van der Waals surface area contributed by atoms with E-state index in [1.54, 1.807) is 17.4 Å². The fraction of sp³-hybridized carbons (Fsp3) is 0.231. The first-order valence-electron chi connectivity index (χ1n) is 5.59. The van der Waals surface area contributed by atoms with Crippen LogP contribution in [0.4, 0.5) is 15.8 Å². The third kappa shape index (κ3) is 1.89. The van der Waals surface area contributed by atoms with E-state index in [1.165, 1.54) is 22.6 Å². The summed E-state index contributed by atoms with van der Waals surface area (Å²) in [7, 11) is 0. The van der Waals surface area contributed by atoms with Gasteiger partial charge in [0.1, 0.15) is 5.82 Å². The summed E-state index contributed by atoms with van der Waals surface area (Å²) in [6.07, 6.45) is 1.02. The van der Waals surface area contributed by atoms with Gasteiger partial charge in [-0.3, -0.25) is 0 Å². The van der Waals surface area contributed by atoms with Gasteiger partial charge in [-0.25, -0.2) is 4.39 Å². The van der Waals surface area contributed by atoms with Crippen molar-refractivity contribution in [3.63, 3.8) is 0 Å². The molecule has 1 aromatic heterocycles. The Hall–Kier alpha value is -1.55. The van der Waals surface area contributed by atoms with Gasteiger partial charge in [0.2, 0.25) is 0 Å². The summed E-state index contributed by atoms with van der Waals surface area (Å²) in [4.78, 5) is 3.59. The molecule has 0 aliphatic carbocycles. The van der Waals surface area contributed by atoms with Crippen LogP contribution >= 0.6 is 11.3 Å². The summed E-state index contributed by atoms with van der Waals surface area (Å²) in [6.45, 7) is 1.73. The number of hydrogen-bond acceptors (Lipinski definition) is 3. The number of anilines is 2. The van der Waals surface area contributed by atoms with E-state index >= 15 is 0 Å². The topological polar surface area (TPSA) is 29.3 Å². The van der Waals surface area contributed by atoms with Crippen molar-refractivity contribution >= 4 is 22.7 Å². The average molecular weight is 248 g/mol. The molecule has 0 amide bonds. The lowest BCUT2D eigenvalue weighted by Crippen LogP contribution is -2.30. The van der Waals surface area contributed by atoms with Crippen molar-refractivity contribution in [2.24, 2.45) is 0 Å². The zero-order valence-corrected chi connectivity index (χ0v) is 10.1. The van der Waals surface area contributed by atoms with Gasteiger partial charge >= 0.3 is 0 Å². The molecule has 2 aromatic rings. The predicted octanol–water partition coefficient (Wildman–Crippen LogP) is 3.03. The maximum absolute atomic E-state index is 13.3. The molecule has 0 spiro atoms. The average Bonchev–Trinajstić information content (AvgIpc) is 2.79. The van der Waals surface area contributed by atoms with Crippen LogP contribution in [0.3, 0.4) is 0 Å². The molecule has 3 rings (SSSR count). The molecule has 0 saturated heterocycles. The van der Waals surface area contributed by atoms with E-state index < -0.39 is 0 Å². The van der Waals surface area contributed by atoms with E-state index in [2.05, 4.69) is 16.3 Å². The number of hydrogen-bond donors (Lipinski definition) is 1. The number of nitrogen functional groups attached to an aromatic ring is 1. The maximum atomic E-state index is 13.3. The Bertz CT molecular complexity index is 550. The monoisotopic (exact) mass is 248 g/mol. The van der Waals surface area contributed by atoms with E-state index in [0.717, 1.165) is 25.2 Å². The molecule has 1 aliphatic rings. The number of benzene rings is 1. The highest BCUT2D eigenvalue weighted by molar-refractivity contribution is 7.10. The standard InChI is InChI=1S/C13H13FN2S/c14-10-1-2-11(15)12(7-10)16-5-3-13-9(8-16)4-6-17-13/h1-2,4,6-7H,3,5,8,15H2. The fourth-order valence-electron chi connectivity index (χ4n) is 2.24. The van der Waals surface area contributed by atoms with E-state index in [1.807, 2.05) is 0 Å². The molecule has 0 fully saturated rings. The highest BCUT2D eigenvalue weighted by Gasteiger charge is 2.19. The molecule has 88 valence electrons. The summed E-state index contributed by atoms with van der Waals surface area (Å²) < 4.78 is 13.3. The molecule has 2 heterocycles. The molecule has 4 heteroatoms. The Balaban J connectivity index is 1.94. The first-order valence-corrected chi connectivity index (χ1v) is 6.47. The van der Waals surface area contributed by atoms with Gasteiger partial charge in [0, 0.05) is 18.0 Å². The molecule has 1 aliphatic heterocycles. The Morgan fingerprint density at radius 2 is 2.18 bits per heavy atom.